The molecule has 2 heterocycles. The molecule has 0 aromatic heterocycles. The van der Waals surface area contributed by atoms with Crippen molar-refractivity contribution in [3.05, 3.63) is 76.7 Å². The van der Waals surface area contributed by atoms with Crippen molar-refractivity contribution < 1.29 is 44.6 Å². The molecule has 10 atom stereocenters. The number of hydrogen-bond acceptors (Lipinski definition) is 11. The van der Waals surface area contributed by atoms with Crippen molar-refractivity contribution in [1.82, 2.24) is 5.32 Å². The summed E-state index contributed by atoms with van der Waals surface area (Å²) in [4.78, 5) is 27.7. The Hall–Kier alpha value is -3.32. The molecule has 2 aliphatic heterocycles. The van der Waals surface area contributed by atoms with Crippen molar-refractivity contribution in [1.29, 1.82) is 0 Å². The Morgan fingerprint density at radius 3 is 2.39 bits per heavy atom. The van der Waals surface area contributed by atoms with Gasteiger partial charge in [-0.1, -0.05) is 37.1 Å². The maximum Gasteiger partial charge on any atom is 0.229 e. The van der Waals surface area contributed by atoms with E-state index in [1.807, 2.05) is 18.4 Å². The highest BCUT2D eigenvalue weighted by molar-refractivity contribution is 6.19. The zero-order valence-electron chi connectivity index (χ0n) is 24.3. The van der Waals surface area contributed by atoms with Crippen LogP contribution in [-0.2, 0) is 4.74 Å². The lowest BCUT2D eigenvalue weighted by atomic mass is 9.68. The molecule has 0 spiro atoms. The van der Waals surface area contributed by atoms with E-state index in [1.165, 1.54) is 23.8 Å². The number of hydrogen-bond donors (Lipinski definition) is 7. The Labute approximate surface area is 255 Å². The first-order chi connectivity index (χ1) is 21.2. The Balaban J connectivity index is 1.22. The van der Waals surface area contributed by atoms with Gasteiger partial charge in [0, 0.05) is 11.8 Å². The minimum absolute atomic E-state index is 0.0537. The van der Waals surface area contributed by atoms with Gasteiger partial charge in [0.2, 0.25) is 6.29 Å². The van der Waals surface area contributed by atoms with Crippen molar-refractivity contribution in [3.63, 3.8) is 0 Å². The van der Waals surface area contributed by atoms with Gasteiger partial charge in [0.05, 0.1) is 30.2 Å². The molecule has 2 fully saturated rings. The van der Waals surface area contributed by atoms with Crippen LogP contribution in [0.5, 0.6) is 5.75 Å². The minimum Gasteiger partial charge on any atom is -0.511 e. The second-order valence-electron chi connectivity index (χ2n) is 12.5. The normalized spacial score (nSPS) is 36.8. The van der Waals surface area contributed by atoms with Gasteiger partial charge in [-0.25, -0.2) is 0 Å². The number of fused-ring (bicyclic) bond motifs is 2. The van der Waals surface area contributed by atoms with Crippen LogP contribution in [0, 0.1) is 23.7 Å². The number of aliphatic hydroxyl groups excluding tert-OH is 5. The number of nitrogens with two attached hydrogens (primary N) is 1. The number of carbonyl (C=O) groups is 2. The van der Waals surface area contributed by atoms with Crippen LogP contribution < -0.4 is 15.8 Å². The Bertz CT molecular complexity index is 1420. The number of dihydropyridines is 1. The van der Waals surface area contributed by atoms with Gasteiger partial charge in [-0.3, -0.25) is 9.59 Å². The average Bonchev–Trinajstić information content (AvgIpc) is 3.02. The van der Waals surface area contributed by atoms with Crippen LogP contribution in [0.1, 0.15) is 59.2 Å². The second-order valence-corrected chi connectivity index (χ2v) is 12.5. The van der Waals surface area contributed by atoms with Gasteiger partial charge in [0.15, 0.2) is 11.6 Å². The van der Waals surface area contributed by atoms with Crippen molar-refractivity contribution in [3.8, 4) is 5.75 Å². The number of aliphatic hydroxyl groups is 5. The van der Waals surface area contributed by atoms with Gasteiger partial charge < -0.3 is 46.1 Å². The SMILES string of the molecule is NC1C=CC(CC2CCCCC2CC2=CC3C(=O)c4cccc(OC5OC(CO)C(O)C(O)C5O)c4C(=O)C3C(O)=C2)=CN1. The first-order valence-corrected chi connectivity index (χ1v) is 15.3. The molecule has 1 aromatic carbocycles. The molecular weight excluding hydrogens is 568 g/mol. The molecule has 11 nitrogen and oxygen atoms in total. The van der Waals surface area contributed by atoms with Crippen LogP contribution in [0.25, 0.3) is 0 Å². The van der Waals surface area contributed by atoms with Crippen molar-refractivity contribution in [2.24, 2.45) is 29.4 Å². The number of ketones is 2. The number of rotatable bonds is 7. The quantitative estimate of drug-likeness (QED) is 0.239. The number of Topliss-reactive ketones (excluding diaryl/α,β-unsaturated/α-hetero) is 2. The third kappa shape index (κ3) is 5.76. The van der Waals surface area contributed by atoms with E-state index < -0.39 is 54.9 Å². The largest absolute Gasteiger partial charge is 0.511 e. The van der Waals surface area contributed by atoms with Crippen LogP contribution in [-0.4, -0.2) is 80.6 Å². The second kappa shape index (κ2) is 12.6. The van der Waals surface area contributed by atoms with Crippen molar-refractivity contribution >= 4 is 11.6 Å². The highest BCUT2D eigenvalue weighted by Gasteiger charge is 2.48. The van der Waals surface area contributed by atoms with Crippen LogP contribution in [0.4, 0.5) is 0 Å². The summed E-state index contributed by atoms with van der Waals surface area (Å²) >= 11 is 0. The lowest BCUT2D eigenvalue weighted by Crippen LogP contribution is -2.60. The maximum atomic E-state index is 13.9. The Kier molecular flexibility index (Phi) is 8.78. The number of nitrogens with one attached hydrogen (secondary N) is 1. The fourth-order valence-electron chi connectivity index (χ4n) is 7.29. The standard InChI is InChI=1S/C33H40N2O9/c34-25-9-8-16(14-35-25)10-18-4-1-2-5-19(18)11-17-12-21-26(22(37)13-17)30(40)27-20(28(21)38)6-3-7-23(27)43-33-32(42)31(41)29(39)24(15-36)44-33/h3,6-9,12-14,18-19,21,24-26,29,31-33,35-37,39,41-42H,1-2,4-5,10-11,15,34H2. The predicted octanol–water partition coefficient (Wildman–Crippen LogP) is 1.77. The zero-order valence-corrected chi connectivity index (χ0v) is 24.3. The first kappa shape index (κ1) is 30.7. The van der Waals surface area contributed by atoms with Crippen LogP contribution in [0.15, 0.2) is 65.6 Å². The number of allylic oxidation sites excluding steroid dienone is 6. The fraction of sp³-hybridized carbons (Fsp3) is 0.515. The molecule has 1 aromatic rings. The minimum atomic E-state index is -1.69. The molecule has 3 aliphatic carbocycles. The molecule has 10 unspecified atom stereocenters. The highest BCUT2D eigenvalue weighted by atomic mass is 16.7. The summed E-state index contributed by atoms with van der Waals surface area (Å²) in [6.45, 7) is -0.644. The monoisotopic (exact) mass is 608 g/mol. The van der Waals surface area contributed by atoms with Crippen LogP contribution >= 0.6 is 0 Å². The van der Waals surface area contributed by atoms with E-state index in [4.69, 9.17) is 15.2 Å². The average molecular weight is 609 g/mol. The molecule has 5 aliphatic rings. The number of carbonyl (C=O) groups excluding carboxylic acids is 2. The number of ether oxygens (including phenoxy) is 2. The summed E-state index contributed by atoms with van der Waals surface area (Å²) in [5, 5.41) is 54.5. The zero-order chi connectivity index (χ0) is 31.1. The van der Waals surface area contributed by atoms with Gasteiger partial charge in [-0.15, -0.1) is 0 Å². The molecule has 236 valence electrons. The summed E-state index contributed by atoms with van der Waals surface area (Å²) in [5.41, 5.74) is 8.01. The molecule has 1 saturated carbocycles. The van der Waals surface area contributed by atoms with E-state index in [-0.39, 0.29) is 34.6 Å². The summed E-state index contributed by atoms with van der Waals surface area (Å²) in [7, 11) is 0. The molecule has 11 heteroatoms. The Morgan fingerprint density at radius 1 is 0.977 bits per heavy atom. The molecule has 0 radical (unpaired) electrons. The van der Waals surface area contributed by atoms with Crippen LogP contribution in [0.3, 0.4) is 0 Å². The third-order valence-electron chi connectivity index (χ3n) is 9.66. The highest BCUT2D eigenvalue weighted by Crippen LogP contribution is 2.45. The van der Waals surface area contributed by atoms with E-state index in [9.17, 15) is 35.1 Å². The molecule has 44 heavy (non-hydrogen) atoms. The predicted molar refractivity (Wildman–Crippen MR) is 158 cm³/mol. The fourth-order valence-corrected chi connectivity index (χ4v) is 7.29. The lowest BCUT2D eigenvalue weighted by Gasteiger charge is -2.40. The first-order valence-electron chi connectivity index (χ1n) is 15.3. The molecule has 0 amide bonds. The summed E-state index contributed by atoms with van der Waals surface area (Å²) in [6.07, 6.45) is 7.61. The summed E-state index contributed by atoms with van der Waals surface area (Å²) in [5.74, 6) is -2.27. The van der Waals surface area contributed by atoms with E-state index in [0.29, 0.717) is 18.3 Å². The third-order valence-corrected chi connectivity index (χ3v) is 9.66. The van der Waals surface area contributed by atoms with Crippen molar-refractivity contribution in [2.45, 2.75) is 75.4 Å². The van der Waals surface area contributed by atoms with Gasteiger partial charge in [-0.05, 0) is 66.9 Å². The topological polar surface area (TPSA) is 192 Å². The maximum absolute atomic E-state index is 13.9. The Morgan fingerprint density at radius 2 is 1.70 bits per heavy atom. The van der Waals surface area contributed by atoms with E-state index in [2.05, 4.69) is 11.4 Å². The van der Waals surface area contributed by atoms with Gasteiger partial charge in [-0.2, -0.15) is 0 Å². The molecule has 6 rings (SSSR count). The van der Waals surface area contributed by atoms with E-state index >= 15 is 0 Å². The molecular formula is C33H40N2O9. The van der Waals surface area contributed by atoms with Gasteiger partial charge in [0.1, 0.15) is 35.9 Å². The smallest absolute Gasteiger partial charge is 0.229 e. The lowest BCUT2D eigenvalue weighted by molar-refractivity contribution is -0.277. The van der Waals surface area contributed by atoms with E-state index in [0.717, 1.165) is 37.7 Å². The number of benzene rings is 1. The van der Waals surface area contributed by atoms with Crippen LogP contribution in [0.2, 0.25) is 0 Å². The summed E-state index contributed by atoms with van der Waals surface area (Å²) < 4.78 is 11.2. The molecule has 0 bridgehead atoms. The summed E-state index contributed by atoms with van der Waals surface area (Å²) in [6, 6.07) is 4.49. The van der Waals surface area contributed by atoms with E-state index in [1.54, 1.807) is 6.08 Å². The molecule has 8 N–H and O–H groups in total. The van der Waals surface area contributed by atoms with Gasteiger partial charge >= 0.3 is 0 Å². The molecule has 1 saturated heterocycles. The van der Waals surface area contributed by atoms with Crippen molar-refractivity contribution in [2.75, 3.05) is 6.61 Å². The van der Waals surface area contributed by atoms with Gasteiger partial charge in [0.25, 0.3) is 0 Å².